The Morgan fingerprint density at radius 3 is 2.84 bits per heavy atom. The summed E-state index contributed by atoms with van der Waals surface area (Å²) in [6.07, 6.45) is 0. The fourth-order valence-electron chi connectivity index (χ4n) is 1.54. The van der Waals surface area contributed by atoms with Crippen molar-refractivity contribution in [1.29, 1.82) is 0 Å². The largest absolute Gasteiger partial charge is 0.497 e. The van der Waals surface area contributed by atoms with Crippen LogP contribution in [-0.2, 0) is 0 Å². The minimum absolute atomic E-state index is 0.308. The third-order valence-electron chi connectivity index (χ3n) is 2.38. The fourth-order valence-corrected chi connectivity index (χ4v) is 1.70. The number of nitrogens with two attached hydrogens (primary N) is 1. The van der Waals surface area contributed by atoms with Crippen molar-refractivity contribution < 1.29 is 9.53 Å². The van der Waals surface area contributed by atoms with Crippen molar-refractivity contribution in [3.8, 4) is 5.75 Å². The highest BCUT2D eigenvalue weighted by molar-refractivity contribution is 6.29. The van der Waals surface area contributed by atoms with E-state index in [2.05, 4.69) is 10.3 Å². The average Bonchev–Trinajstić information content (AvgIpc) is 2.38. The van der Waals surface area contributed by atoms with Crippen LogP contribution in [0.2, 0.25) is 5.15 Å². The lowest BCUT2D eigenvalue weighted by molar-refractivity contribution is 0.102. The first-order chi connectivity index (χ1) is 9.08. The van der Waals surface area contributed by atoms with Crippen LogP contribution in [0.25, 0.3) is 0 Å². The fraction of sp³-hybridized carbons (Fsp3) is 0.0769. The van der Waals surface area contributed by atoms with Crippen molar-refractivity contribution >= 4 is 29.0 Å². The number of anilines is 2. The normalized spacial score (nSPS) is 10.0. The predicted molar refractivity (Wildman–Crippen MR) is 74.6 cm³/mol. The Balaban J connectivity index is 2.22. The van der Waals surface area contributed by atoms with E-state index in [0.717, 1.165) is 0 Å². The van der Waals surface area contributed by atoms with E-state index in [1.165, 1.54) is 7.11 Å². The summed E-state index contributed by atoms with van der Waals surface area (Å²) >= 11 is 5.74. The number of benzene rings is 1. The van der Waals surface area contributed by atoms with Crippen LogP contribution in [0.15, 0.2) is 36.4 Å². The lowest BCUT2D eigenvalue weighted by Crippen LogP contribution is -2.13. The van der Waals surface area contributed by atoms with Gasteiger partial charge in [-0.3, -0.25) is 4.79 Å². The molecular weight excluding hydrogens is 266 g/mol. The van der Waals surface area contributed by atoms with E-state index in [4.69, 9.17) is 22.1 Å². The van der Waals surface area contributed by atoms with Crippen molar-refractivity contribution in [2.75, 3.05) is 18.2 Å². The number of rotatable bonds is 3. The number of nitrogen functional groups attached to an aromatic ring is 1. The van der Waals surface area contributed by atoms with Gasteiger partial charge in [0.1, 0.15) is 16.7 Å². The summed E-state index contributed by atoms with van der Waals surface area (Å²) in [6, 6.07) is 9.76. The first-order valence-corrected chi connectivity index (χ1v) is 5.85. The molecule has 6 heteroatoms. The molecule has 0 aliphatic heterocycles. The number of aromatic nitrogens is 1. The van der Waals surface area contributed by atoms with Gasteiger partial charge in [-0.1, -0.05) is 17.7 Å². The van der Waals surface area contributed by atoms with E-state index >= 15 is 0 Å². The van der Waals surface area contributed by atoms with Crippen LogP contribution in [0.1, 0.15) is 10.4 Å². The van der Waals surface area contributed by atoms with E-state index in [1.807, 2.05) is 0 Å². The molecule has 5 nitrogen and oxygen atoms in total. The first-order valence-electron chi connectivity index (χ1n) is 5.47. The van der Waals surface area contributed by atoms with Crippen molar-refractivity contribution in [1.82, 2.24) is 4.98 Å². The second-order valence-corrected chi connectivity index (χ2v) is 4.18. The second-order valence-electron chi connectivity index (χ2n) is 3.79. The SMILES string of the molecule is COc1cc(N)cc(C(=O)Nc2cccc(Cl)n2)c1. The Bertz CT molecular complexity index is 617. The zero-order chi connectivity index (χ0) is 13.8. The van der Waals surface area contributed by atoms with Crippen LogP contribution in [0.4, 0.5) is 11.5 Å². The van der Waals surface area contributed by atoms with E-state index in [1.54, 1.807) is 36.4 Å². The molecule has 1 amide bonds. The smallest absolute Gasteiger partial charge is 0.257 e. The molecule has 98 valence electrons. The molecule has 2 aromatic rings. The summed E-state index contributed by atoms with van der Waals surface area (Å²) in [5.74, 6) is 0.559. The average molecular weight is 278 g/mol. The Morgan fingerprint density at radius 2 is 2.16 bits per heavy atom. The third kappa shape index (κ3) is 3.35. The van der Waals surface area contributed by atoms with Gasteiger partial charge in [-0.25, -0.2) is 4.98 Å². The molecule has 0 unspecified atom stereocenters. The van der Waals surface area contributed by atoms with E-state index < -0.39 is 0 Å². The molecule has 0 saturated carbocycles. The number of methoxy groups -OCH3 is 1. The number of nitrogens with one attached hydrogen (secondary N) is 1. The monoisotopic (exact) mass is 277 g/mol. The number of hydrogen-bond acceptors (Lipinski definition) is 4. The molecule has 19 heavy (non-hydrogen) atoms. The quantitative estimate of drug-likeness (QED) is 0.668. The molecule has 2 rings (SSSR count). The molecule has 0 fully saturated rings. The first kappa shape index (κ1) is 13.2. The number of carbonyl (C=O) groups is 1. The molecule has 1 aromatic carbocycles. The van der Waals surface area contributed by atoms with Crippen LogP contribution in [0, 0.1) is 0 Å². The number of pyridine rings is 1. The third-order valence-corrected chi connectivity index (χ3v) is 2.59. The van der Waals surface area contributed by atoms with Gasteiger partial charge in [0.2, 0.25) is 0 Å². The van der Waals surface area contributed by atoms with Gasteiger partial charge in [-0.15, -0.1) is 0 Å². The predicted octanol–water partition coefficient (Wildman–Crippen LogP) is 2.58. The molecule has 0 saturated heterocycles. The molecule has 0 atom stereocenters. The van der Waals surface area contributed by atoms with Gasteiger partial charge in [0.05, 0.1) is 7.11 Å². The summed E-state index contributed by atoms with van der Waals surface area (Å²) in [4.78, 5) is 16.0. The Morgan fingerprint density at radius 1 is 1.37 bits per heavy atom. The summed E-state index contributed by atoms with van der Waals surface area (Å²) in [5, 5.41) is 2.94. The number of hydrogen-bond donors (Lipinski definition) is 2. The molecule has 0 aliphatic rings. The standard InChI is InChI=1S/C13H12ClN3O2/c1-19-10-6-8(5-9(15)7-10)13(18)17-12-4-2-3-11(14)16-12/h2-7H,15H2,1H3,(H,16,17,18). The van der Waals surface area contributed by atoms with Gasteiger partial charge in [-0.2, -0.15) is 0 Å². The second kappa shape index (κ2) is 5.58. The van der Waals surface area contributed by atoms with Gasteiger partial charge in [0.25, 0.3) is 5.91 Å². The number of amides is 1. The Labute approximate surface area is 115 Å². The van der Waals surface area contributed by atoms with Gasteiger partial charge in [-0.05, 0) is 24.3 Å². The van der Waals surface area contributed by atoms with Crippen molar-refractivity contribution in [2.24, 2.45) is 0 Å². The van der Waals surface area contributed by atoms with Crippen LogP contribution < -0.4 is 15.8 Å². The molecule has 1 aromatic heterocycles. The van der Waals surface area contributed by atoms with Crippen molar-refractivity contribution in [2.45, 2.75) is 0 Å². The van der Waals surface area contributed by atoms with Gasteiger partial charge in [0, 0.05) is 17.3 Å². The number of nitrogens with zero attached hydrogens (tertiary/aromatic N) is 1. The Kier molecular flexibility index (Phi) is 3.87. The molecule has 0 spiro atoms. The van der Waals surface area contributed by atoms with Gasteiger partial charge >= 0.3 is 0 Å². The maximum Gasteiger partial charge on any atom is 0.257 e. The molecule has 0 bridgehead atoms. The number of ether oxygens (including phenoxy) is 1. The van der Waals surface area contributed by atoms with E-state index in [-0.39, 0.29) is 5.91 Å². The van der Waals surface area contributed by atoms with Crippen LogP contribution in [-0.4, -0.2) is 18.0 Å². The topological polar surface area (TPSA) is 77.2 Å². The highest BCUT2D eigenvalue weighted by Gasteiger charge is 2.09. The number of halogens is 1. The van der Waals surface area contributed by atoms with Crippen LogP contribution in [0.5, 0.6) is 5.75 Å². The van der Waals surface area contributed by atoms with Crippen LogP contribution in [0.3, 0.4) is 0 Å². The summed E-state index contributed by atoms with van der Waals surface area (Å²) in [7, 11) is 1.51. The minimum atomic E-state index is -0.333. The minimum Gasteiger partial charge on any atom is -0.497 e. The highest BCUT2D eigenvalue weighted by atomic mass is 35.5. The summed E-state index contributed by atoms with van der Waals surface area (Å²) < 4.78 is 5.06. The summed E-state index contributed by atoms with van der Waals surface area (Å²) in [5.41, 5.74) is 6.53. The lowest BCUT2D eigenvalue weighted by atomic mass is 10.1. The molecule has 3 N–H and O–H groups in total. The van der Waals surface area contributed by atoms with E-state index in [9.17, 15) is 4.79 Å². The van der Waals surface area contributed by atoms with Crippen LogP contribution >= 0.6 is 11.6 Å². The van der Waals surface area contributed by atoms with Crippen molar-refractivity contribution in [3.05, 3.63) is 47.1 Å². The zero-order valence-electron chi connectivity index (χ0n) is 10.2. The molecule has 0 aliphatic carbocycles. The van der Waals surface area contributed by atoms with Gasteiger partial charge in [0.15, 0.2) is 0 Å². The molecule has 1 heterocycles. The number of carbonyl (C=O) groups excluding carboxylic acids is 1. The summed E-state index contributed by atoms with van der Waals surface area (Å²) in [6.45, 7) is 0. The highest BCUT2D eigenvalue weighted by Crippen LogP contribution is 2.19. The lowest BCUT2D eigenvalue weighted by Gasteiger charge is -2.07. The zero-order valence-corrected chi connectivity index (χ0v) is 10.9. The maximum atomic E-state index is 12.0. The van der Waals surface area contributed by atoms with E-state index in [0.29, 0.717) is 28.0 Å². The maximum absolute atomic E-state index is 12.0. The Hall–Kier alpha value is -2.27. The molecule has 0 radical (unpaired) electrons. The molecular formula is C13H12ClN3O2. The van der Waals surface area contributed by atoms with Crippen molar-refractivity contribution in [3.63, 3.8) is 0 Å². The van der Waals surface area contributed by atoms with Gasteiger partial charge < -0.3 is 15.8 Å².